The lowest BCUT2D eigenvalue weighted by molar-refractivity contribution is 0.644. The lowest BCUT2D eigenvalue weighted by atomic mass is 10.1. The highest BCUT2D eigenvalue weighted by molar-refractivity contribution is 7.15. The largest absolute Gasteiger partial charge is 0.311 e. The van der Waals surface area contributed by atoms with Crippen LogP contribution in [0.15, 0.2) is 12.3 Å². The van der Waals surface area contributed by atoms with Gasteiger partial charge in [-0.1, -0.05) is 11.6 Å². The molecule has 2 aromatic rings. The Morgan fingerprint density at radius 1 is 1.47 bits per heavy atom. The Labute approximate surface area is 109 Å². The molecule has 3 rings (SSSR count). The summed E-state index contributed by atoms with van der Waals surface area (Å²) in [6.07, 6.45) is 2.76. The Morgan fingerprint density at radius 3 is 3.18 bits per heavy atom. The number of pyridine rings is 1. The molecule has 1 N–H and O–H groups in total. The fraction of sp³-hybridized carbons (Fsp3) is 0.333. The quantitative estimate of drug-likeness (QED) is 0.806. The van der Waals surface area contributed by atoms with E-state index >= 15 is 0 Å². The molecule has 0 spiro atoms. The van der Waals surface area contributed by atoms with Crippen molar-refractivity contribution >= 4 is 22.9 Å². The average Bonchev–Trinajstić information content (AvgIpc) is 2.76. The molecule has 17 heavy (non-hydrogen) atoms. The van der Waals surface area contributed by atoms with Gasteiger partial charge in [-0.2, -0.15) is 0 Å². The van der Waals surface area contributed by atoms with Crippen LogP contribution in [0.25, 0.3) is 10.6 Å². The van der Waals surface area contributed by atoms with E-state index in [-0.39, 0.29) is 0 Å². The lowest BCUT2D eigenvalue weighted by Crippen LogP contribution is -2.22. The van der Waals surface area contributed by atoms with E-state index in [1.807, 2.05) is 13.0 Å². The van der Waals surface area contributed by atoms with Crippen LogP contribution in [-0.2, 0) is 13.0 Å². The van der Waals surface area contributed by atoms with Crippen LogP contribution in [0.4, 0.5) is 0 Å². The third-order valence-corrected chi connectivity index (χ3v) is 4.49. The minimum absolute atomic E-state index is 0.564. The maximum absolute atomic E-state index is 6.04. The molecule has 0 saturated carbocycles. The normalized spacial score (nSPS) is 14.7. The van der Waals surface area contributed by atoms with Gasteiger partial charge in [0, 0.05) is 36.1 Å². The Hall–Kier alpha value is -0.970. The second kappa shape index (κ2) is 4.37. The van der Waals surface area contributed by atoms with Gasteiger partial charge in [-0.3, -0.25) is 0 Å². The molecule has 5 heteroatoms. The summed E-state index contributed by atoms with van der Waals surface area (Å²) < 4.78 is 0. The Morgan fingerprint density at radius 2 is 2.35 bits per heavy atom. The molecule has 1 aliphatic heterocycles. The maximum atomic E-state index is 6.04. The van der Waals surface area contributed by atoms with Crippen molar-refractivity contribution in [1.29, 1.82) is 0 Å². The monoisotopic (exact) mass is 265 g/mol. The summed E-state index contributed by atoms with van der Waals surface area (Å²) in [4.78, 5) is 10.1. The first-order valence-corrected chi connectivity index (χ1v) is 6.76. The zero-order valence-electron chi connectivity index (χ0n) is 9.46. The van der Waals surface area contributed by atoms with Crippen LogP contribution in [0.1, 0.15) is 16.1 Å². The van der Waals surface area contributed by atoms with Gasteiger partial charge in [0.15, 0.2) is 0 Å². The van der Waals surface area contributed by atoms with E-state index in [1.54, 1.807) is 17.5 Å². The zero-order chi connectivity index (χ0) is 11.8. The predicted molar refractivity (Wildman–Crippen MR) is 70.5 cm³/mol. The number of hydrogen-bond acceptors (Lipinski definition) is 4. The van der Waals surface area contributed by atoms with E-state index in [9.17, 15) is 0 Å². The number of nitrogens with one attached hydrogen (secondary N) is 1. The zero-order valence-corrected chi connectivity index (χ0v) is 11.0. The molecule has 0 bridgehead atoms. The van der Waals surface area contributed by atoms with Gasteiger partial charge in [0.25, 0.3) is 0 Å². The molecule has 3 nitrogen and oxygen atoms in total. The van der Waals surface area contributed by atoms with Crippen LogP contribution in [0.5, 0.6) is 0 Å². The predicted octanol–water partition coefficient (Wildman–Crippen LogP) is 2.81. The van der Waals surface area contributed by atoms with Crippen LogP contribution in [-0.4, -0.2) is 16.5 Å². The minimum Gasteiger partial charge on any atom is -0.311 e. The molecule has 0 saturated heterocycles. The van der Waals surface area contributed by atoms with Crippen LogP contribution < -0.4 is 5.32 Å². The molecule has 0 atom stereocenters. The number of fused-ring (bicyclic) bond motifs is 1. The summed E-state index contributed by atoms with van der Waals surface area (Å²) >= 11 is 7.80. The average molecular weight is 266 g/mol. The summed E-state index contributed by atoms with van der Waals surface area (Å²) in [5, 5.41) is 4.98. The smallest absolute Gasteiger partial charge is 0.132 e. The highest BCUT2D eigenvalue weighted by atomic mass is 35.5. The van der Waals surface area contributed by atoms with E-state index < -0.39 is 0 Å². The lowest BCUT2D eigenvalue weighted by Gasteiger charge is -2.09. The van der Waals surface area contributed by atoms with Crippen molar-refractivity contribution in [2.45, 2.75) is 19.9 Å². The maximum Gasteiger partial charge on any atom is 0.132 e. The Bertz CT molecular complexity index is 541. The molecule has 0 radical (unpaired) electrons. The first-order valence-electron chi connectivity index (χ1n) is 5.56. The number of aromatic nitrogens is 2. The summed E-state index contributed by atoms with van der Waals surface area (Å²) in [5.41, 5.74) is 3.34. The van der Waals surface area contributed by atoms with Crippen molar-refractivity contribution in [2.24, 2.45) is 0 Å². The van der Waals surface area contributed by atoms with Crippen LogP contribution in [0, 0.1) is 6.92 Å². The Balaban J connectivity index is 2.09. The third kappa shape index (κ3) is 1.97. The van der Waals surface area contributed by atoms with Crippen molar-refractivity contribution in [3.8, 4) is 10.6 Å². The molecule has 0 unspecified atom stereocenters. The van der Waals surface area contributed by atoms with E-state index in [0.717, 1.165) is 35.6 Å². The van der Waals surface area contributed by atoms with Gasteiger partial charge in [0.05, 0.1) is 5.69 Å². The summed E-state index contributed by atoms with van der Waals surface area (Å²) in [6, 6.07) is 1.99. The van der Waals surface area contributed by atoms with Crippen LogP contribution in [0.2, 0.25) is 5.15 Å². The van der Waals surface area contributed by atoms with Gasteiger partial charge in [-0.05, 0) is 18.6 Å². The molecule has 1 aliphatic rings. The topological polar surface area (TPSA) is 37.8 Å². The SMILES string of the molecule is Cc1c(-c2nc3c(s2)CNCC3)ccnc1Cl. The van der Waals surface area contributed by atoms with Gasteiger partial charge in [-0.25, -0.2) is 9.97 Å². The van der Waals surface area contributed by atoms with E-state index in [4.69, 9.17) is 16.6 Å². The molecular weight excluding hydrogens is 254 g/mol. The fourth-order valence-corrected chi connectivity index (χ4v) is 3.30. The van der Waals surface area contributed by atoms with Crippen molar-refractivity contribution in [3.05, 3.63) is 33.6 Å². The molecule has 0 aromatic carbocycles. The van der Waals surface area contributed by atoms with Crippen molar-refractivity contribution in [3.63, 3.8) is 0 Å². The molecular formula is C12H12ClN3S. The molecule has 0 amide bonds. The van der Waals surface area contributed by atoms with Gasteiger partial charge in [0.2, 0.25) is 0 Å². The third-order valence-electron chi connectivity index (χ3n) is 2.98. The summed E-state index contributed by atoms with van der Waals surface area (Å²) in [6.45, 7) is 3.94. The number of nitrogens with zero attached hydrogens (tertiary/aromatic N) is 2. The Kier molecular flexibility index (Phi) is 2.86. The van der Waals surface area contributed by atoms with Gasteiger partial charge < -0.3 is 5.32 Å². The fourth-order valence-electron chi connectivity index (χ4n) is 1.98. The second-order valence-corrected chi connectivity index (χ2v) is 5.53. The first-order chi connectivity index (χ1) is 8.25. The molecule has 0 aliphatic carbocycles. The first kappa shape index (κ1) is 11.1. The van der Waals surface area contributed by atoms with E-state index in [2.05, 4.69) is 10.3 Å². The summed E-state index contributed by atoms with van der Waals surface area (Å²) in [5.74, 6) is 0. The van der Waals surface area contributed by atoms with E-state index in [0.29, 0.717) is 5.15 Å². The van der Waals surface area contributed by atoms with E-state index in [1.165, 1.54) is 10.6 Å². The number of thiazole rings is 1. The number of hydrogen-bond donors (Lipinski definition) is 1. The number of halogens is 1. The van der Waals surface area contributed by atoms with Gasteiger partial charge >= 0.3 is 0 Å². The van der Waals surface area contributed by atoms with Gasteiger partial charge in [-0.15, -0.1) is 11.3 Å². The minimum atomic E-state index is 0.564. The molecule has 2 aromatic heterocycles. The van der Waals surface area contributed by atoms with Crippen molar-refractivity contribution in [2.75, 3.05) is 6.54 Å². The number of rotatable bonds is 1. The molecule has 3 heterocycles. The molecule has 88 valence electrons. The van der Waals surface area contributed by atoms with Crippen molar-refractivity contribution < 1.29 is 0 Å². The second-order valence-electron chi connectivity index (χ2n) is 4.09. The highest BCUT2D eigenvalue weighted by Crippen LogP contribution is 2.33. The van der Waals surface area contributed by atoms with Crippen molar-refractivity contribution in [1.82, 2.24) is 15.3 Å². The van der Waals surface area contributed by atoms with Crippen LogP contribution >= 0.6 is 22.9 Å². The molecule has 0 fully saturated rings. The van der Waals surface area contributed by atoms with Gasteiger partial charge in [0.1, 0.15) is 10.2 Å². The standard InChI is InChI=1S/C12H12ClN3S/c1-7-8(2-5-15-11(7)13)12-16-9-3-4-14-6-10(9)17-12/h2,5,14H,3-4,6H2,1H3. The van der Waals surface area contributed by atoms with Crippen LogP contribution in [0.3, 0.4) is 0 Å². The highest BCUT2D eigenvalue weighted by Gasteiger charge is 2.17. The summed E-state index contributed by atoms with van der Waals surface area (Å²) in [7, 11) is 0.